The van der Waals surface area contributed by atoms with Gasteiger partial charge in [-0.15, -0.1) is 0 Å². The Morgan fingerprint density at radius 1 is 1.41 bits per heavy atom. The molecule has 0 aliphatic rings. The van der Waals surface area contributed by atoms with Crippen LogP contribution in [0.3, 0.4) is 0 Å². The summed E-state index contributed by atoms with van der Waals surface area (Å²) in [4.78, 5) is 11.1. The maximum atomic E-state index is 13.1. The SMILES string of the molecule is CC(C)(C)OC(=O)NC[C@@H](F)COS(C)(=O)=O. The van der Waals surface area contributed by atoms with Crippen molar-refractivity contribution in [3.63, 3.8) is 0 Å². The minimum atomic E-state index is -3.67. The molecule has 0 aromatic heterocycles. The molecule has 1 amide bonds. The van der Waals surface area contributed by atoms with Gasteiger partial charge in [0.2, 0.25) is 0 Å². The van der Waals surface area contributed by atoms with E-state index >= 15 is 0 Å². The predicted molar refractivity (Wildman–Crippen MR) is 59.9 cm³/mol. The van der Waals surface area contributed by atoms with Crippen LogP contribution in [-0.2, 0) is 19.0 Å². The largest absolute Gasteiger partial charge is 0.444 e. The van der Waals surface area contributed by atoms with Crippen molar-refractivity contribution >= 4 is 16.2 Å². The lowest BCUT2D eigenvalue weighted by molar-refractivity contribution is 0.0506. The Bertz CT molecular complexity index is 349. The summed E-state index contributed by atoms with van der Waals surface area (Å²) in [5.74, 6) is 0. The van der Waals surface area contributed by atoms with Crippen molar-refractivity contribution in [3.05, 3.63) is 0 Å². The highest BCUT2D eigenvalue weighted by Gasteiger charge is 2.18. The van der Waals surface area contributed by atoms with E-state index in [1.807, 2.05) is 0 Å². The zero-order valence-corrected chi connectivity index (χ0v) is 11.1. The van der Waals surface area contributed by atoms with E-state index in [1.54, 1.807) is 20.8 Å². The van der Waals surface area contributed by atoms with Crippen LogP contribution >= 0.6 is 0 Å². The second-order valence-corrected chi connectivity index (χ2v) is 6.11. The van der Waals surface area contributed by atoms with Crippen molar-refractivity contribution in [1.29, 1.82) is 0 Å². The molecule has 0 bridgehead atoms. The molecule has 0 aromatic rings. The number of rotatable bonds is 5. The molecule has 0 aromatic carbocycles. The molecule has 0 fully saturated rings. The standard InChI is InChI=1S/C9H18FNO5S/c1-9(2,3)16-8(12)11-5-7(10)6-15-17(4,13)14/h7H,5-6H2,1-4H3,(H,11,12)/t7-/m1/s1. The molecule has 0 saturated heterocycles. The van der Waals surface area contributed by atoms with Gasteiger partial charge in [0.05, 0.1) is 19.4 Å². The minimum Gasteiger partial charge on any atom is -0.444 e. The minimum absolute atomic E-state index is 0.371. The first kappa shape index (κ1) is 16.1. The van der Waals surface area contributed by atoms with Crippen molar-refractivity contribution in [2.45, 2.75) is 32.5 Å². The topological polar surface area (TPSA) is 81.7 Å². The average molecular weight is 271 g/mol. The van der Waals surface area contributed by atoms with Gasteiger partial charge in [-0.25, -0.2) is 9.18 Å². The Labute approximate surface area is 101 Å². The molecule has 0 heterocycles. The summed E-state index contributed by atoms with van der Waals surface area (Å²) in [5.41, 5.74) is -0.668. The third kappa shape index (κ3) is 11.4. The first-order valence-corrected chi connectivity index (χ1v) is 6.76. The van der Waals surface area contributed by atoms with Crippen LogP contribution < -0.4 is 5.32 Å². The van der Waals surface area contributed by atoms with E-state index in [4.69, 9.17) is 4.74 Å². The van der Waals surface area contributed by atoms with Gasteiger partial charge in [0, 0.05) is 0 Å². The van der Waals surface area contributed by atoms with Gasteiger partial charge in [-0.3, -0.25) is 4.18 Å². The molecule has 0 aliphatic carbocycles. The summed E-state index contributed by atoms with van der Waals surface area (Å²) in [7, 11) is -3.67. The number of carbonyl (C=O) groups is 1. The molecular formula is C9H18FNO5S. The molecule has 0 saturated carbocycles. The van der Waals surface area contributed by atoms with Crippen LogP contribution in [0.25, 0.3) is 0 Å². The number of nitrogens with one attached hydrogen (secondary N) is 1. The van der Waals surface area contributed by atoms with E-state index < -0.39 is 34.6 Å². The van der Waals surface area contributed by atoms with Crippen molar-refractivity contribution in [2.75, 3.05) is 19.4 Å². The molecular weight excluding hydrogens is 253 g/mol. The highest BCUT2D eigenvalue weighted by molar-refractivity contribution is 7.85. The normalized spacial score (nSPS) is 14.2. The van der Waals surface area contributed by atoms with Crippen LogP contribution in [0, 0.1) is 0 Å². The van der Waals surface area contributed by atoms with Gasteiger partial charge >= 0.3 is 6.09 Å². The first-order chi connectivity index (χ1) is 7.49. The number of amides is 1. The summed E-state index contributed by atoms with van der Waals surface area (Å²) < 4.78 is 43.3. The van der Waals surface area contributed by atoms with E-state index in [0.717, 1.165) is 6.26 Å². The van der Waals surface area contributed by atoms with Crippen LogP contribution in [0.1, 0.15) is 20.8 Å². The summed E-state index contributed by atoms with van der Waals surface area (Å²) in [6.45, 7) is 4.02. The van der Waals surface area contributed by atoms with Crippen molar-refractivity contribution in [2.24, 2.45) is 0 Å². The van der Waals surface area contributed by atoms with Gasteiger partial charge in [0.15, 0.2) is 0 Å². The van der Waals surface area contributed by atoms with Gasteiger partial charge in [0.1, 0.15) is 11.8 Å². The molecule has 17 heavy (non-hydrogen) atoms. The number of alkyl carbamates (subject to hydrolysis) is 1. The predicted octanol–water partition coefficient (Wildman–Crippen LogP) is 0.825. The second kappa shape index (κ2) is 6.15. The highest BCUT2D eigenvalue weighted by atomic mass is 32.2. The lowest BCUT2D eigenvalue weighted by Crippen LogP contribution is -2.37. The molecule has 0 radical (unpaired) electrons. The number of carbonyl (C=O) groups excluding carboxylic acids is 1. The fraction of sp³-hybridized carbons (Fsp3) is 0.889. The zero-order chi connectivity index (χ0) is 13.7. The molecule has 1 N–H and O–H groups in total. The molecule has 0 unspecified atom stereocenters. The molecule has 0 spiro atoms. The van der Waals surface area contributed by atoms with Crippen LogP contribution in [-0.4, -0.2) is 45.7 Å². The maximum Gasteiger partial charge on any atom is 0.407 e. The average Bonchev–Trinajstić information content (AvgIpc) is 2.07. The lowest BCUT2D eigenvalue weighted by atomic mass is 10.2. The Morgan fingerprint density at radius 2 is 1.94 bits per heavy atom. The molecule has 6 nitrogen and oxygen atoms in total. The van der Waals surface area contributed by atoms with Crippen LogP contribution in [0.15, 0.2) is 0 Å². The molecule has 0 aliphatic heterocycles. The summed E-state index contributed by atoms with van der Waals surface area (Å²) in [6.07, 6.45) is -1.56. The van der Waals surface area contributed by atoms with Crippen molar-refractivity contribution in [1.82, 2.24) is 5.32 Å². The van der Waals surface area contributed by atoms with Crippen molar-refractivity contribution < 1.29 is 26.5 Å². The molecule has 102 valence electrons. The quantitative estimate of drug-likeness (QED) is 0.749. The number of halogens is 1. The third-order valence-electron chi connectivity index (χ3n) is 1.33. The number of alkyl halides is 1. The Morgan fingerprint density at radius 3 is 2.35 bits per heavy atom. The molecule has 8 heteroatoms. The Hall–Kier alpha value is -0.890. The third-order valence-corrected chi connectivity index (χ3v) is 1.89. The summed E-state index contributed by atoms with van der Waals surface area (Å²) >= 11 is 0. The second-order valence-electron chi connectivity index (χ2n) is 4.47. The summed E-state index contributed by atoms with van der Waals surface area (Å²) in [6, 6.07) is 0. The maximum absolute atomic E-state index is 13.1. The van der Waals surface area contributed by atoms with Gasteiger partial charge < -0.3 is 10.1 Å². The van der Waals surface area contributed by atoms with Crippen LogP contribution in [0.2, 0.25) is 0 Å². The Kier molecular flexibility index (Phi) is 5.83. The van der Waals surface area contributed by atoms with E-state index in [2.05, 4.69) is 9.50 Å². The van der Waals surface area contributed by atoms with Gasteiger partial charge in [0.25, 0.3) is 10.1 Å². The summed E-state index contributed by atoms with van der Waals surface area (Å²) in [5, 5.41) is 2.16. The zero-order valence-electron chi connectivity index (χ0n) is 10.3. The van der Waals surface area contributed by atoms with E-state index in [-0.39, 0.29) is 6.54 Å². The van der Waals surface area contributed by atoms with E-state index in [0.29, 0.717) is 0 Å². The first-order valence-electron chi connectivity index (χ1n) is 4.95. The molecule has 0 rings (SSSR count). The number of ether oxygens (including phenoxy) is 1. The van der Waals surface area contributed by atoms with Crippen LogP contribution in [0.4, 0.5) is 9.18 Å². The van der Waals surface area contributed by atoms with E-state index in [1.165, 1.54) is 0 Å². The van der Waals surface area contributed by atoms with Crippen molar-refractivity contribution in [3.8, 4) is 0 Å². The number of hydrogen-bond donors (Lipinski definition) is 1. The monoisotopic (exact) mass is 271 g/mol. The van der Waals surface area contributed by atoms with Crippen LogP contribution in [0.5, 0.6) is 0 Å². The van der Waals surface area contributed by atoms with Gasteiger partial charge in [-0.2, -0.15) is 8.42 Å². The lowest BCUT2D eigenvalue weighted by Gasteiger charge is -2.20. The fourth-order valence-electron chi connectivity index (χ4n) is 0.765. The fourth-order valence-corrected chi connectivity index (χ4v) is 1.16. The van der Waals surface area contributed by atoms with Gasteiger partial charge in [-0.1, -0.05) is 0 Å². The Balaban J connectivity index is 3.85. The molecule has 1 atom stereocenters. The smallest absolute Gasteiger partial charge is 0.407 e. The number of hydrogen-bond acceptors (Lipinski definition) is 5. The highest BCUT2D eigenvalue weighted by Crippen LogP contribution is 2.06. The van der Waals surface area contributed by atoms with Gasteiger partial charge in [-0.05, 0) is 20.8 Å². The van der Waals surface area contributed by atoms with E-state index in [9.17, 15) is 17.6 Å².